The molecule has 8 heteroatoms. The van der Waals surface area contributed by atoms with Crippen LogP contribution in [0, 0.1) is 11.8 Å². The van der Waals surface area contributed by atoms with Gasteiger partial charge in [0.05, 0.1) is 19.6 Å². The van der Waals surface area contributed by atoms with Crippen LogP contribution < -0.4 is 4.74 Å². The average Bonchev–Trinajstić information content (AvgIpc) is 2.98. The highest BCUT2D eigenvalue weighted by Crippen LogP contribution is 2.42. The molecule has 1 N–H and O–H groups in total. The summed E-state index contributed by atoms with van der Waals surface area (Å²) in [6.45, 7) is 5.55. The third-order valence-electron chi connectivity index (χ3n) is 7.79. The number of hydrogen-bond acceptors (Lipinski definition) is 4. The predicted octanol–water partition coefficient (Wildman–Crippen LogP) is 5.17. The van der Waals surface area contributed by atoms with Gasteiger partial charge >= 0.3 is 5.97 Å². The minimum atomic E-state index is -0.803. The fraction of sp³-hybridized carbons (Fsp3) is 0.500. The Balaban J connectivity index is 1.67. The Morgan fingerprint density at radius 2 is 1.79 bits per heavy atom. The van der Waals surface area contributed by atoms with E-state index in [9.17, 15) is 14.4 Å². The summed E-state index contributed by atoms with van der Waals surface area (Å²) < 4.78 is 5.70. The van der Waals surface area contributed by atoms with Crippen LogP contribution in [0.3, 0.4) is 0 Å². The first-order chi connectivity index (χ1) is 18.2. The Kier molecular flexibility index (Phi) is 8.98. The van der Waals surface area contributed by atoms with E-state index in [0.29, 0.717) is 43.9 Å². The van der Waals surface area contributed by atoms with E-state index in [1.54, 1.807) is 16.9 Å². The quantitative estimate of drug-likeness (QED) is 0.499. The third-order valence-corrected chi connectivity index (χ3v) is 8.03. The molecular formula is C30H37ClN2O5. The van der Waals surface area contributed by atoms with Crippen LogP contribution in [0.4, 0.5) is 0 Å². The molecule has 2 aliphatic rings. The van der Waals surface area contributed by atoms with Gasteiger partial charge in [-0.15, -0.1) is 0 Å². The van der Waals surface area contributed by atoms with Crippen LogP contribution in [0.2, 0.25) is 5.02 Å². The van der Waals surface area contributed by atoms with E-state index in [0.717, 1.165) is 22.4 Å². The number of halogens is 1. The summed E-state index contributed by atoms with van der Waals surface area (Å²) in [6, 6.07) is 13.5. The average molecular weight is 541 g/mol. The second kappa shape index (κ2) is 12.2. The molecule has 4 rings (SSSR count). The highest BCUT2D eigenvalue weighted by atomic mass is 35.5. The third kappa shape index (κ3) is 6.32. The van der Waals surface area contributed by atoms with E-state index < -0.39 is 5.97 Å². The van der Waals surface area contributed by atoms with Crippen LogP contribution in [0.5, 0.6) is 5.75 Å². The molecule has 2 unspecified atom stereocenters. The summed E-state index contributed by atoms with van der Waals surface area (Å²) >= 11 is 6.48. The molecule has 0 radical (unpaired) electrons. The van der Waals surface area contributed by atoms with Crippen molar-refractivity contribution >= 4 is 29.4 Å². The molecule has 1 fully saturated rings. The van der Waals surface area contributed by atoms with Crippen molar-refractivity contribution in [2.75, 3.05) is 33.3 Å². The van der Waals surface area contributed by atoms with Crippen LogP contribution in [0.1, 0.15) is 68.1 Å². The molecule has 0 spiro atoms. The number of aliphatic carboxylic acids is 1. The summed E-state index contributed by atoms with van der Waals surface area (Å²) in [4.78, 5) is 42.1. The lowest BCUT2D eigenvalue weighted by Gasteiger charge is -2.34. The van der Waals surface area contributed by atoms with E-state index in [-0.39, 0.29) is 48.5 Å². The van der Waals surface area contributed by atoms with Gasteiger partial charge in [-0.25, -0.2) is 0 Å². The molecule has 0 aliphatic carbocycles. The van der Waals surface area contributed by atoms with Gasteiger partial charge in [0, 0.05) is 42.6 Å². The SMILES string of the molecule is COc1ccccc1C1CN(CC(=O)N2CCC(CC(=O)O)CC2)C(=O)C(CC(C)C)c2ccc(Cl)cc21. The number of amides is 2. The molecule has 1 saturated heterocycles. The lowest BCUT2D eigenvalue weighted by Crippen LogP contribution is -2.47. The Morgan fingerprint density at radius 1 is 1.08 bits per heavy atom. The summed E-state index contributed by atoms with van der Waals surface area (Å²) in [5.74, 6) is -0.451. The Hall–Kier alpha value is -3.06. The maximum Gasteiger partial charge on any atom is 0.303 e. The number of fused-ring (bicyclic) bond motifs is 1. The molecule has 0 bridgehead atoms. The summed E-state index contributed by atoms with van der Waals surface area (Å²) in [5.41, 5.74) is 2.89. The molecule has 0 saturated carbocycles. The number of likely N-dealkylation sites (tertiary alicyclic amines) is 1. The smallest absolute Gasteiger partial charge is 0.303 e. The van der Waals surface area contributed by atoms with Crippen molar-refractivity contribution in [2.24, 2.45) is 11.8 Å². The summed E-state index contributed by atoms with van der Waals surface area (Å²) in [6.07, 6.45) is 2.12. The lowest BCUT2D eigenvalue weighted by molar-refractivity contribution is -0.143. The Bertz CT molecular complexity index is 1170. The van der Waals surface area contributed by atoms with E-state index in [1.807, 2.05) is 42.5 Å². The van der Waals surface area contributed by atoms with Crippen molar-refractivity contribution < 1.29 is 24.2 Å². The van der Waals surface area contributed by atoms with Crippen LogP contribution in [-0.2, 0) is 14.4 Å². The van der Waals surface area contributed by atoms with Crippen molar-refractivity contribution in [3.05, 3.63) is 64.2 Å². The monoisotopic (exact) mass is 540 g/mol. The molecule has 2 heterocycles. The van der Waals surface area contributed by atoms with Gasteiger partial charge in [0.25, 0.3) is 0 Å². The van der Waals surface area contributed by atoms with Gasteiger partial charge in [-0.05, 0) is 60.4 Å². The number of carbonyl (C=O) groups excluding carboxylic acids is 2. The van der Waals surface area contributed by atoms with Crippen LogP contribution in [-0.4, -0.2) is 66.0 Å². The van der Waals surface area contributed by atoms with Crippen LogP contribution in [0.25, 0.3) is 0 Å². The Morgan fingerprint density at radius 3 is 2.45 bits per heavy atom. The highest BCUT2D eigenvalue weighted by molar-refractivity contribution is 6.30. The number of piperidine rings is 1. The summed E-state index contributed by atoms with van der Waals surface area (Å²) in [5, 5.41) is 9.71. The normalized spacial score (nSPS) is 20.3. The maximum absolute atomic E-state index is 14.1. The molecular weight excluding hydrogens is 504 g/mol. The first kappa shape index (κ1) is 28.0. The number of methoxy groups -OCH3 is 1. The number of carbonyl (C=O) groups is 3. The molecule has 38 heavy (non-hydrogen) atoms. The Labute approximate surface area is 229 Å². The standard InChI is InChI=1S/C30H37ClN2O5/c1-19(2)14-25-22-9-8-21(31)16-24(22)26(23-6-4-5-7-27(23)38-3)17-33(30(25)37)18-28(34)32-12-10-20(11-13-32)15-29(35)36/h4-9,16,19-20,25-26H,10-15,17-18H2,1-3H3,(H,35,36). The molecule has 2 amide bonds. The van der Waals surface area contributed by atoms with Crippen LogP contribution in [0.15, 0.2) is 42.5 Å². The minimum absolute atomic E-state index is 0.00953. The van der Waals surface area contributed by atoms with Gasteiger partial charge in [0.15, 0.2) is 0 Å². The van der Waals surface area contributed by atoms with Crippen LogP contribution >= 0.6 is 11.6 Å². The molecule has 2 aliphatic heterocycles. The fourth-order valence-electron chi connectivity index (χ4n) is 5.89. The number of para-hydroxylation sites is 1. The predicted molar refractivity (Wildman–Crippen MR) is 147 cm³/mol. The largest absolute Gasteiger partial charge is 0.496 e. The number of rotatable bonds is 8. The van der Waals surface area contributed by atoms with E-state index in [1.165, 1.54) is 0 Å². The van der Waals surface area contributed by atoms with Gasteiger partial charge in [-0.3, -0.25) is 14.4 Å². The molecule has 0 aromatic heterocycles. The molecule has 7 nitrogen and oxygen atoms in total. The lowest BCUT2D eigenvalue weighted by atomic mass is 9.82. The number of nitrogens with zero attached hydrogens (tertiary/aromatic N) is 2. The van der Waals surface area contributed by atoms with Crippen molar-refractivity contribution in [2.45, 2.75) is 51.4 Å². The van der Waals surface area contributed by atoms with E-state index >= 15 is 0 Å². The fourth-order valence-corrected chi connectivity index (χ4v) is 6.07. The van der Waals surface area contributed by atoms with Gasteiger partial charge in [-0.2, -0.15) is 0 Å². The number of carboxylic acid groups (broad SMARTS) is 1. The second-order valence-electron chi connectivity index (χ2n) is 10.9. The molecule has 2 aromatic rings. The molecule has 2 aromatic carbocycles. The highest BCUT2D eigenvalue weighted by Gasteiger charge is 2.38. The minimum Gasteiger partial charge on any atom is -0.496 e. The number of benzene rings is 2. The molecule has 204 valence electrons. The topological polar surface area (TPSA) is 87.2 Å². The summed E-state index contributed by atoms with van der Waals surface area (Å²) in [7, 11) is 1.64. The zero-order valence-corrected chi connectivity index (χ0v) is 23.1. The van der Waals surface area contributed by atoms with E-state index in [2.05, 4.69) is 13.8 Å². The first-order valence-corrected chi connectivity index (χ1v) is 13.8. The first-order valence-electron chi connectivity index (χ1n) is 13.4. The van der Waals surface area contributed by atoms with Gasteiger partial charge in [-0.1, -0.05) is 49.7 Å². The molecule has 2 atom stereocenters. The van der Waals surface area contributed by atoms with Gasteiger partial charge < -0.3 is 19.6 Å². The van der Waals surface area contributed by atoms with Crippen molar-refractivity contribution in [3.63, 3.8) is 0 Å². The maximum atomic E-state index is 14.1. The van der Waals surface area contributed by atoms with Crippen molar-refractivity contribution in [1.29, 1.82) is 0 Å². The van der Waals surface area contributed by atoms with Crippen molar-refractivity contribution in [1.82, 2.24) is 9.80 Å². The number of hydrogen-bond donors (Lipinski definition) is 1. The second-order valence-corrected chi connectivity index (χ2v) is 11.3. The van der Waals surface area contributed by atoms with Gasteiger partial charge in [0.2, 0.25) is 11.8 Å². The zero-order valence-electron chi connectivity index (χ0n) is 22.4. The number of carboxylic acids is 1. The number of ether oxygens (including phenoxy) is 1. The van der Waals surface area contributed by atoms with E-state index in [4.69, 9.17) is 21.4 Å². The van der Waals surface area contributed by atoms with Crippen molar-refractivity contribution in [3.8, 4) is 5.75 Å². The van der Waals surface area contributed by atoms with Gasteiger partial charge in [0.1, 0.15) is 5.75 Å². The zero-order chi connectivity index (χ0) is 27.4.